The SMILES string of the molecule is O=C(O)C(F)(F)F.OC(c1ccccc1)(c1ccccc1)C1CCN(CCCOc2ccncc2)CC1. The molecule has 0 aliphatic carbocycles. The zero-order valence-corrected chi connectivity index (χ0v) is 20.3. The molecule has 0 radical (unpaired) electrons. The summed E-state index contributed by atoms with van der Waals surface area (Å²) in [6, 6.07) is 24.1. The second-order valence-electron chi connectivity index (χ2n) is 8.80. The van der Waals surface area contributed by atoms with Gasteiger partial charge in [-0.05, 0) is 61.5 Å². The average molecular weight is 517 g/mol. The molecule has 0 saturated carbocycles. The first-order chi connectivity index (χ1) is 17.7. The second kappa shape index (κ2) is 13.2. The van der Waals surface area contributed by atoms with Gasteiger partial charge < -0.3 is 19.8 Å². The van der Waals surface area contributed by atoms with Gasteiger partial charge in [0.15, 0.2) is 0 Å². The Morgan fingerprint density at radius 3 is 1.86 bits per heavy atom. The third kappa shape index (κ3) is 8.03. The van der Waals surface area contributed by atoms with Gasteiger partial charge >= 0.3 is 12.1 Å². The van der Waals surface area contributed by atoms with Gasteiger partial charge in [0.2, 0.25) is 0 Å². The van der Waals surface area contributed by atoms with Gasteiger partial charge in [0.1, 0.15) is 11.4 Å². The topological polar surface area (TPSA) is 82.9 Å². The van der Waals surface area contributed by atoms with Gasteiger partial charge in [-0.2, -0.15) is 13.2 Å². The van der Waals surface area contributed by atoms with E-state index in [1.54, 1.807) is 12.4 Å². The molecule has 9 heteroatoms. The number of carboxylic acids is 1. The zero-order chi connectivity index (χ0) is 26.7. The highest BCUT2D eigenvalue weighted by molar-refractivity contribution is 5.73. The first-order valence-corrected chi connectivity index (χ1v) is 12.1. The maximum atomic E-state index is 12.0. The van der Waals surface area contributed by atoms with E-state index in [1.807, 2.05) is 48.5 Å². The summed E-state index contributed by atoms with van der Waals surface area (Å²) in [5.74, 6) is -1.68. The van der Waals surface area contributed by atoms with Gasteiger partial charge in [0.25, 0.3) is 0 Å². The molecule has 1 aliphatic heterocycles. The van der Waals surface area contributed by atoms with E-state index in [4.69, 9.17) is 14.6 Å². The van der Waals surface area contributed by atoms with Crippen LogP contribution in [0.5, 0.6) is 5.75 Å². The van der Waals surface area contributed by atoms with Crippen molar-refractivity contribution in [3.05, 3.63) is 96.3 Å². The van der Waals surface area contributed by atoms with Crippen LogP contribution >= 0.6 is 0 Å². The van der Waals surface area contributed by atoms with Crippen LogP contribution in [0, 0.1) is 5.92 Å². The monoisotopic (exact) mass is 516 g/mol. The van der Waals surface area contributed by atoms with Crippen molar-refractivity contribution in [2.75, 3.05) is 26.2 Å². The second-order valence-corrected chi connectivity index (χ2v) is 8.80. The summed E-state index contributed by atoms with van der Waals surface area (Å²) in [4.78, 5) is 15.4. The maximum absolute atomic E-state index is 12.0. The molecule has 1 aliphatic rings. The minimum Gasteiger partial charge on any atom is -0.493 e. The van der Waals surface area contributed by atoms with Crippen molar-refractivity contribution in [3.63, 3.8) is 0 Å². The third-order valence-corrected chi connectivity index (χ3v) is 6.39. The van der Waals surface area contributed by atoms with Gasteiger partial charge in [-0.1, -0.05) is 60.7 Å². The first kappa shape index (κ1) is 28.1. The molecule has 0 unspecified atom stereocenters. The molecule has 0 bridgehead atoms. The molecule has 2 heterocycles. The normalized spacial score (nSPS) is 14.9. The number of piperidine rings is 1. The Hall–Kier alpha value is -3.43. The molecule has 37 heavy (non-hydrogen) atoms. The minimum absolute atomic E-state index is 0.201. The Morgan fingerprint density at radius 1 is 0.919 bits per heavy atom. The van der Waals surface area contributed by atoms with E-state index in [0.29, 0.717) is 6.61 Å². The van der Waals surface area contributed by atoms with Gasteiger partial charge in [-0.3, -0.25) is 4.98 Å². The lowest BCUT2D eigenvalue weighted by molar-refractivity contribution is -0.192. The summed E-state index contributed by atoms with van der Waals surface area (Å²) < 4.78 is 37.5. The predicted molar refractivity (Wildman–Crippen MR) is 133 cm³/mol. The van der Waals surface area contributed by atoms with Crippen LogP contribution in [0.25, 0.3) is 0 Å². The molecule has 198 valence electrons. The molecule has 0 amide bonds. The highest BCUT2D eigenvalue weighted by Gasteiger charge is 2.41. The number of likely N-dealkylation sites (tertiary alicyclic amines) is 1. The van der Waals surface area contributed by atoms with Crippen LogP contribution in [0.2, 0.25) is 0 Å². The molecule has 2 aromatic carbocycles. The Bertz CT molecular complexity index is 1040. The van der Waals surface area contributed by atoms with Gasteiger partial charge in [0, 0.05) is 18.9 Å². The summed E-state index contributed by atoms with van der Waals surface area (Å²) in [7, 11) is 0. The number of rotatable bonds is 8. The van der Waals surface area contributed by atoms with E-state index in [0.717, 1.165) is 55.8 Å². The number of alkyl halides is 3. The average Bonchev–Trinajstić information content (AvgIpc) is 2.92. The number of carbonyl (C=O) groups is 1. The highest BCUT2D eigenvalue weighted by atomic mass is 19.4. The van der Waals surface area contributed by atoms with Crippen LogP contribution in [0.3, 0.4) is 0 Å². The van der Waals surface area contributed by atoms with E-state index >= 15 is 0 Å². The quantitative estimate of drug-likeness (QED) is 0.404. The van der Waals surface area contributed by atoms with E-state index in [2.05, 4.69) is 34.1 Å². The number of aromatic nitrogens is 1. The molecule has 2 N–H and O–H groups in total. The van der Waals surface area contributed by atoms with Crippen LogP contribution in [-0.2, 0) is 10.4 Å². The standard InChI is InChI=1S/C26H30N2O2.C2HF3O2/c29-26(22-8-3-1-4-9-22,23-10-5-2-6-11-23)24-14-19-28(20-15-24)18-7-21-30-25-12-16-27-17-13-25;3-2(4,5)1(6)7/h1-6,8-13,16-17,24,29H,7,14-15,18-21H2;(H,6,7). The van der Waals surface area contributed by atoms with Crippen LogP contribution in [0.15, 0.2) is 85.2 Å². The van der Waals surface area contributed by atoms with Crippen molar-refractivity contribution in [2.45, 2.75) is 31.0 Å². The van der Waals surface area contributed by atoms with E-state index in [9.17, 15) is 18.3 Å². The van der Waals surface area contributed by atoms with Crippen LogP contribution in [0.1, 0.15) is 30.4 Å². The first-order valence-electron chi connectivity index (χ1n) is 12.1. The number of aliphatic carboxylic acids is 1. The lowest BCUT2D eigenvalue weighted by Crippen LogP contribution is -2.44. The molecule has 6 nitrogen and oxygen atoms in total. The van der Waals surface area contributed by atoms with Crippen molar-refractivity contribution in [2.24, 2.45) is 5.92 Å². The van der Waals surface area contributed by atoms with Crippen molar-refractivity contribution in [1.82, 2.24) is 9.88 Å². The number of ether oxygens (including phenoxy) is 1. The van der Waals surface area contributed by atoms with Gasteiger partial charge in [0.05, 0.1) is 6.61 Å². The van der Waals surface area contributed by atoms with Crippen LogP contribution in [-0.4, -0.2) is 58.5 Å². The Kier molecular flexibility index (Phi) is 10.0. The van der Waals surface area contributed by atoms with Gasteiger partial charge in [-0.25, -0.2) is 4.79 Å². The summed E-state index contributed by atoms with van der Waals surface area (Å²) in [5, 5.41) is 19.1. The number of hydrogen-bond donors (Lipinski definition) is 2. The number of pyridine rings is 1. The fourth-order valence-electron chi connectivity index (χ4n) is 4.51. The Balaban J connectivity index is 0.000000479. The molecule has 4 rings (SSSR count). The third-order valence-electron chi connectivity index (χ3n) is 6.39. The number of aliphatic hydroxyl groups is 1. The van der Waals surface area contributed by atoms with Crippen molar-refractivity contribution < 1.29 is 32.9 Å². The predicted octanol–water partition coefficient (Wildman–Crippen LogP) is 5.13. The molecule has 0 spiro atoms. The number of nitrogens with zero attached hydrogens (tertiary/aromatic N) is 2. The molecular weight excluding hydrogens is 485 g/mol. The number of carboxylic acid groups (broad SMARTS) is 1. The molecule has 3 aromatic rings. The minimum atomic E-state index is -5.08. The summed E-state index contributed by atoms with van der Waals surface area (Å²) in [5.41, 5.74) is 1.03. The maximum Gasteiger partial charge on any atom is 0.490 e. The summed E-state index contributed by atoms with van der Waals surface area (Å²) in [6.45, 7) is 3.73. The smallest absolute Gasteiger partial charge is 0.490 e. The summed E-state index contributed by atoms with van der Waals surface area (Å²) in [6.07, 6.45) is 1.37. The van der Waals surface area contributed by atoms with Crippen molar-refractivity contribution >= 4 is 5.97 Å². The molecule has 1 fully saturated rings. The van der Waals surface area contributed by atoms with Crippen molar-refractivity contribution in [3.8, 4) is 5.75 Å². The fraction of sp³-hybridized carbons (Fsp3) is 0.357. The fourth-order valence-corrected chi connectivity index (χ4v) is 4.51. The Labute approximate surface area is 214 Å². The molecular formula is C28H31F3N2O4. The van der Waals surface area contributed by atoms with Gasteiger partial charge in [-0.15, -0.1) is 0 Å². The number of hydrogen-bond acceptors (Lipinski definition) is 5. The van der Waals surface area contributed by atoms with Crippen molar-refractivity contribution in [1.29, 1.82) is 0 Å². The Morgan fingerprint density at radius 2 is 1.41 bits per heavy atom. The van der Waals surface area contributed by atoms with E-state index < -0.39 is 17.7 Å². The lowest BCUT2D eigenvalue weighted by atomic mass is 9.72. The highest BCUT2D eigenvalue weighted by Crippen LogP contribution is 2.41. The molecule has 1 aromatic heterocycles. The number of benzene rings is 2. The number of halogens is 3. The van der Waals surface area contributed by atoms with E-state index in [-0.39, 0.29) is 5.92 Å². The molecule has 0 atom stereocenters. The summed E-state index contributed by atoms with van der Waals surface area (Å²) >= 11 is 0. The largest absolute Gasteiger partial charge is 0.493 e. The van der Waals surface area contributed by atoms with E-state index in [1.165, 1.54) is 0 Å². The zero-order valence-electron chi connectivity index (χ0n) is 20.3. The lowest BCUT2D eigenvalue weighted by Gasteiger charge is -2.42. The molecule has 1 saturated heterocycles. The van der Waals surface area contributed by atoms with Crippen LogP contribution < -0.4 is 4.74 Å². The van der Waals surface area contributed by atoms with Crippen LogP contribution in [0.4, 0.5) is 13.2 Å².